The van der Waals surface area contributed by atoms with Crippen LogP contribution in [-0.4, -0.2) is 10.8 Å². The van der Waals surface area contributed by atoms with Crippen LogP contribution in [0.3, 0.4) is 0 Å². The Labute approximate surface area is 157 Å². The molecule has 3 rings (SSSR count). The van der Waals surface area contributed by atoms with Crippen molar-refractivity contribution in [3.05, 3.63) is 83.5 Å². The van der Waals surface area contributed by atoms with Gasteiger partial charge in [0, 0.05) is 36.2 Å². The Morgan fingerprint density at radius 3 is 2.70 bits per heavy atom. The molecule has 0 unspecified atom stereocenters. The first-order chi connectivity index (χ1) is 13.0. The van der Waals surface area contributed by atoms with Gasteiger partial charge in [0.15, 0.2) is 5.78 Å². The Bertz CT molecular complexity index is 863. The van der Waals surface area contributed by atoms with Crippen LogP contribution in [0.5, 0.6) is 0 Å². The van der Waals surface area contributed by atoms with Crippen LogP contribution in [0, 0.1) is 0 Å². The summed E-state index contributed by atoms with van der Waals surface area (Å²) in [6.45, 7) is 4.37. The summed E-state index contributed by atoms with van der Waals surface area (Å²) in [7, 11) is 0. The maximum Gasteiger partial charge on any atom is 0.280 e. The highest BCUT2D eigenvalue weighted by molar-refractivity contribution is 6.01. The number of nitrogens with zero attached hydrogens (tertiary/aromatic N) is 1. The number of carbonyl (C=O) groups excluding carboxylic acids is 1. The predicted octanol–water partition coefficient (Wildman–Crippen LogP) is 4.74. The van der Waals surface area contributed by atoms with Crippen molar-refractivity contribution in [3.8, 4) is 0 Å². The molecule has 1 aliphatic rings. The molecule has 0 saturated heterocycles. The van der Waals surface area contributed by atoms with Crippen LogP contribution in [0.4, 0.5) is 14.5 Å². The number of hydrogen-bond acceptors (Lipinski definition) is 4. The number of allylic oxidation sites excluding steroid dienone is 2. The molecule has 1 aliphatic carbocycles. The zero-order valence-corrected chi connectivity index (χ0v) is 14.8. The molecule has 0 aliphatic heterocycles. The van der Waals surface area contributed by atoms with Crippen molar-refractivity contribution >= 4 is 11.5 Å². The zero-order valence-electron chi connectivity index (χ0n) is 14.8. The number of halogens is 2. The first-order valence-corrected chi connectivity index (χ1v) is 8.79. The zero-order chi connectivity index (χ0) is 19.2. The molecule has 0 spiro atoms. The first kappa shape index (κ1) is 18.8. The summed E-state index contributed by atoms with van der Waals surface area (Å²) in [5.41, 5.74) is 3.16. The lowest BCUT2D eigenvalue weighted by atomic mass is 9.92. The number of hydrogen-bond donors (Lipinski definition) is 2. The number of pyridine rings is 1. The van der Waals surface area contributed by atoms with Crippen LogP contribution in [0.1, 0.15) is 36.9 Å². The Morgan fingerprint density at radius 1 is 1.19 bits per heavy atom. The Balaban J connectivity index is 1.77. The Kier molecular flexibility index (Phi) is 5.96. The van der Waals surface area contributed by atoms with Crippen LogP contribution in [-0.2, 0) is 11.3 Å². The summed E-state index contributed by atoms with van der Waals surface area (Å²) < 4.78 is 25.6. The summed E-state index contributed by atoms with van der Waals surface area (Å²) >= 11 is 0. The second-order valence-corrected chi connectivity index (χ2v) is 6.34. The Hall–Kier alpha value is -3.02. The molecule has 0 bridgehead atoms. The third-order valence-corrected chi connectivity index (χ3v) is 4.36. The van der Waals surface area contributed by atoms with Crippen LogP contribution in [0.25, 0.3) is 0 Å². The van der Waals surface area contributed by atoms with Crippen molar-refractivity contribution < 1.29 is 13.6 Å². The van der Waals surface area contributed by atoms with Gasteiger partial charge in [-0.05, 0) is 42.7 Å². The second kappa shape index (κ2) is 8.58. The average Bonchev–Trinajstić information content (AvgIpc) is 2.67. The molecule has 0 atom stereocenters. The van der Waals surface area contributed by atoms with Gasteiger partial charge in [-0.25, -0.2) is 8.78 Å². The average molecular weight is 369 g/mol. The van der Waals surface area contributed by atoms with E-state index in [0.29, 0.717) is 36.2 Å². The van der Waals surface area contributed by atoms with E-state index in [1.165, 1.54) is 12.3 Å². The minimum Gasteiger partial charge on any atom is -0.384 e. The molecule has 140 valence electrons. The summed E-state index contributed by atoms with van der Waals surface area (Å²) in [6.07, 6.45) is 0.702. The lowest BCUT2D eigenvalue weighted by Crippen LogP contribution is -2.24. The van der Waals surface area contributed by atoms with E-state index in [0.717, 1.165) is 17.8 Å². The number of nitrogens with one attached hydrogen (secondary N) is 2. The lowest BCUT2D eigenvalue weighted by molar-refractivity contribution is -0.115. The predicted molar refractivity (Wildman–Crippen MR) is 101 cm³/mol. The van der Waals surface area contributed by atoms with Crippen molar-refractivity contribution in [1.29, 1.82) is 0 Å². The molecule has 0 fully saturated rings. The maximum atomic E-state index is 12.8. The van der Waals surface area contributed by atoms with Gasteiger partial charge in [0.1, 0.15) is 5.69 Å². The summed E-state index contributed by atoms with van der Waals surface area (Å²) in [6, 6.07) is 12.6. The van der Waals surface area contributed by atoms with Gasteiger partial charge in [-0.3, -0.25) is 9.78 Å². The third kappa shape index (κ3) is 4.78. The number of para-hydroxylation sites is 1. The summed E-state index contributed by atoms with van der Waals surface area (Å²) in [5.74, 6) is 0.0279. The second-order valence-electron chi connectivity index (χ2n) is 6.34. The topological polar surface area (TPSA) is 54.0 Å². The van der Waals surface area contributed by atoms with Gasteiger partial charge in [0.2, 0.25) is 0 Å². The molecule has 2 aromatic rings. The van der Waals surface area contributed by atoms with Crippen molar-refractivity contribution in [2.75, 3.05) is 5.32 Å². The van der Waals surface area contributed by atoms with Gasteiger partial charge >= 0.3 is 0 Å². The molecule has 4 nitrogen and oxygen atoms in total. The molecular weight excluding hydrogens is 348 g/mol. The SMILES string of the molecule is C=C(Nc1ccccc1)C1=C(NCc2ccnc(C(F)F)c2)CCCC1=O. The lowest BCUT2D eigenvalue weighted by Gasteiger charge is -2.23. The number of ketones is 1. The monoisotopic (exact) mass is 369 g/mol. The van der Waals surface area contributed by atoms with Gasteiger partial charge in [-0.15, -0.1) is 0 Å². The van der Waals surface area contributed by atoms with Crippen LogP contribution in [0.2, 0.25) is 0 Å². The van der Waals surface area contributed by atoms with Gasteiger partial charge in [-0.2, -0.15) is 0 Å². The van der Waals surface area contributed by atoms with Crippen molar-refractivity contribution in [3.63, 3.8) is 0 Å². The highest BCUT2D eigenvalue weighted by atomic mass is 19.3. The van der Waals surface area contributed by atoms with Crippen LogP contribution >= 0.6 is 0 Å². The van der Waals surface area contributed by atoms with Crippen LogP contribution < -0.4 is 10.6 Å². The first-order valence-electron chi connectivity index (χ1n) is 8.79. The van der Waals surface area contributed by atoms with E-state index in [2.05, 4.69) is 22.2 Å². The standard InChI is InChI=1S/C21H21F2N3O/c1-14(26-16-6-3-2-4-7-16)20-17(8-5-9-19(20)27)25-13-15-10-11-24-18(12-15)21(22)23/h2-4,6-7,10-12,21,25-26H,1,5,8-9,13H2. The highest BCUT2D eigenvalue weighted by Crippen LogP contribution is 2.26. The molecule has 0 saturated carbocycles. The van der Waals surface area contributed by atoms with E-state index >= 15 is 0 Å². The van der Waals surface area contributed by atoms with Gasteiger partial charge < -0.3 is 10.6 Å². The molecular formula is C21H21F2N3O. The third-order valence-electron chi connectivity index (χ3n) is 4.36. The van der Waals surface area contributed by atoms with E-state index in [4.69, 9.17) is 0 Å². The number of benzene rings is 1. The number of Topliss-reactive ketones (excluding diaryl/α,β-unsaturated/α-hetero) is 1. The number of carbonyl (C=O) groups is 1. The molecule has 1 aromatic carbocycles. The largest absolute Gasteiger partial charge is 0.384 e. The fourth-order valence-electron chi connectivity index (χ4n) is 3.06. The van der Waals surface area contributed by atoms with E-state index < -0.39 is 6.43 Å². The molecule has 2 N–H and O–H groups in total. The van der Waals surface area contributed by atoms with E-state index in [1.807, 2.05) is 30.3 Å². The number of anilines is 1. The molecule has 6 heteroatoms. The number of rotatable bonds is 7. The molecule has 1 heterocycles. The normalized spacial score (nSPS) is 14.4. The smallest absolute Gasteiger partial charge is 0.280 e. The van der Waals surface area contributed by atoms with Crippen molar-refractivity contribution in [2.24, 2.45) is 0 Å². The van der Waals surface area contributed by atoms with E-state index in [9.17, 15) is 13.6 Å². The van der Waals surface area contributed by atoms with Crippen molar-refractivity contribution in [2.45, 2.75) is 32.2 Å². The van der Waals surface area contributed by atoms with E-state index in [1.54, 1.807) is 6.07 Å². The molecule has 1 aromatic heterocycles. The van der Waals surface area contributed by atoms with Gasteiger partial charge in [0.05, 0.1) is 5.57 Å². The number of alkyl halides is 2. The minimum absolute atomic E-state index is 0.0279. The quantitative estimate of drug-likeness (QED) is 0.740. The van der Waals surface area contributed by atoms with Crippen molar-refractivity contribution in [1.82, 2.24) is 10.3 Å². The van der Waals surface area contributed by atoms with Crippen LogP contribution in [0.15, 0.2) is 72.2 Å². The summed E-state index contributed by atoms with van der Waals surface area (Å²) in [5, 5.41) is 6.41. The summed E-state index contributed by atoms with van der Waals surface area (Å²) in [4.78, 5) is 16.2. The molecule has 0 amide bonds. The molecule has 27 heavy (non-hydrogen) atoms. The minimum atomic E-state index is -2.61. The number of aromatic nitrogens is 1. The van der Waals surface area contributed by atoms with Gasteiger partial charge in [-0.1, -0.05) is 24.8 Å². The maximum absolute atomic E-state index is 12.8. The molecule has 0 radical (unpaired) electrons. The van der Waals surface area contributed by atoms with E-state index in [-0.39, 0.29) is 11.5 Å². The Morgan fingerprint density at radius 2 is 1.96 bits per heavy atom. The van der Waals surface area contributed by atoms with Gasteiger partial charge in [0.25, 0.3) is 6.43 Å². The fourth-order valence-corrected chi connectivity index (χ4v) is 3.06. The fraction of sp³-hybridized carbons (Fsp3) is 0.238. The highest BCUT2D eigenvalue weighted by Gasteiger charge is 2.23.